The summed E-state index contributed by atoms with van der Waals surface area (Å²) in [7, 11) is -3.77. The van der Waals surface area contributed by atoms with Crippen molar-refractivity contribution in [3.63, 3.8) is 0 Å². The average Bonchev–Trinajstić information content (AvgIpc) is 3.26. The van der Waals surface area contributed by atoms with E-state index >= 15 is 0 Å². The Bertz CT molecular complexity index is 1390. The second-order valence-corrected chi connectivity index (χ2v) is 9.24. The molecule has 0 bridgehead atoms. The summed E-state index contributed by atoms with van der Waals surface area (Å²) < 4.78 is 37.5. The fraction of sp³-hybridized carbons (Fsp3) is 0.273. The monoisotopic (exact) mass is 467 g/mol. The molecular weight excluding hydrogens is 442 g/mol. The molecule has 0 radical (unpaired) electrons. The largest absolute Gasteiger partial charge is 0.438 e. The zero-order chi connectivity index (χ0) is 23.8. The summed E-state index contributed by atoms with van der Waals surface area (Å²) in [6, 6.07) is 12.0. The quantitative estimate of drug-likeness (QED) is 0.440. The maximum atomic E-state index is 12.9. The SMILES string of the molecule is CCn1nc(C)c(S(=O)(=O)Nc2ccc(Oc3ccc(-n4nc(C)cc4C)nn3)cc2)c1C. The summed E-state index contributed by atoms with van der Waals surface area (Å²) >= 11 is 0. The van der Waals surface area contributed by atoms with Crippen LogP contribution in [-0.4, -0.2) is 38.2 Å². The molecule has 3 heterocycles. The van der Waals surface area contributed by atoms with Crippen molar-refractivity contribution in [1.82, 2.24) is 29.8 Å². The van der Waals surface area contributed by atoms with Gasteiger partial charge < -0.3 is 4.74 Å². The number of anilines is 1. The van der Waals surface area contributed by atoms with Crippen molar-refractivity contribution in [2.45, 2.75) is 46.1 Å². The first-order valence-electron chi connectivity index (χ1n) is 10.4. The molecule has 172 valence electrons. The fourth-order valence-electron chi connectivity index (χ4n) is 3.64. The number of nitrogens with one attached hydrogen (secondary N) is 1. The van der Waals surface area contributed by atoms with Gasteiger partial charge in [-0.3, -0.25) is 9.40 Å². The van der Waals surface area contributed by atoms with E-state index in [0.717, 1.165) is 11.4 Å². The van der Waals surface area contributed by atoms with E-state index in [9.17, 15) is 8.42 Å². The predicted octanol–water partition coefficient (Wildman–Crippen LogP) is 3.71. The van der Waals surface area contributed by atoms with Crippen LogP contribution in [0, 0.1) is 27.7 Å². The number of rotatable bonds is 7. The molecule has 0 spiro atoms. The van der Waals surface area contributed by atoms with Gasteiger partial charge in [0.1, 0.15) is 10.6 Å². The van der Waals surface area contributed by atoms with Crippen LogP contribution in [0.25, 0.3) is 5.82 Å². The summed E-state index contributed by atoms with van der Waals surface area (Å²) in [6.45, 7) is 9.81. The Morgan fingerprint density at radius 2 is 1.70 bits per heavy atom. The Morgan fingerprint density at radius 3 is 2.24 bits per heavy atom. The Balaban J connectivity index is 1.46. The normalized spacial score (nSPS) is 11.5. The van der Waals surface area contributed by atoms with Gasteiger partial charge in [0.2, 0.25) is 5.88 Å². The molecule has 0 saturated heterocycles. The fourth-order valence-corrected chi connectivity index (χ4v) is 5.11. The second-order valence-electron chi connectivity index (χ2n) is 7.62. The van der Waals surface area contributed by atoms with E-state index < -0.39 is 10.0 Å². The number of hydrogen-bond donors (Lipinski definition) is 1. The molecule has 1 N–H and O–H groups in total. The van der Waals surface area contributed by atoms with Gasteiger partial charge in [0.25, 0.3) is 10.0 Å². The number of aromatic nitrogens is 6. The number of sulfonamides is 1. The molecular formula is C22H25N7O3S. The first-order chi connectivity index (χ1) is 15.7. The van der Waals surface area contributed by atoms with Crippen LogP contribution in [0.4, 0.5) is 5.69 Å². The van der Waals surface area contributed by atoms with Crippen LogP contribution in [-0.2, 0) is 16.6 Å². The van der Waals surface area contributed by atoms with Crippen LogP contribution in [0.1, 0.15) is 29.7 Å². The van der Waals surface area contributed by atoms with Gasteiger partial charge in [0.05, 0.1) is 17.1 Å². The maximum absolute atomic E-state index is 12.9. The van der Waals surface area contributed by atoms with E-state index in [4.69, 9.17) is 4.74 Å². The third-order valence-corrected chi connectivity index (χ3v) is 6.70. The Hall–Kier alpha value is -3.73. The van der Waals surface area contributed by atoms with Crippen molar-refractivity contribution in [3.8, 4) is 17.4 Å². The molecule has 0 fully saturated rings. The zero-order valence-electron chi connectivity index (χ0n) is 19.1. The van der Waals surface area contributed by atoms with Gasteiger partial charge in [-0.15, -0.1) is 10.2 Å². The molecule has 33 heavy (non-hydrogen) atoms. The standard InChI is InChI=1S/C22H25N7O3S/c1-6-28-17(5)22(16(4)26-28)33(30,31)27-18-7-9-19(10-8-18)32-21-12-11-20(23-24-21)29-15(3)13-14(2)25-29/h7-13,27H,6H2,1-5H3. The third kappa shape index (κ3) is 4.58. The lowest BCUT2D eigenvalue weighted by Gasteiger charge is -2.10. The summed E-state index contributed by atoms with van der Waals surface area (Å²) in [5.74, 6) is 1.40. The van der Waals surface area contributed by atoms with Gasteiger partial charge in [0.15, 0.2) is 5.82 Å². The van der Waals surface area contributed by atoms with E-state index in [1.807, 2.05) is 26.8 Å². The molecule has 0 aliphatic rings. The highest BCUT2D eigenvalue weighted by Crippen LogP contribution is 2.25. The lowest BCUT2D eigenvalue weighted by Crippen LogP contribution is -2.15. The number of ether oxygens (including phenoxy) is 1. The number of nitrogens with zero attached hydrogens (tertiary/aromatic N) is 6. The average molecular weight is 468 g/mol. The molecule has 11 heteroatoms. The van der Waals surface area contributed by atoms with Gasteiger partial charge in [-0.25, -0.2) is 13.1 Å². The van der Waals surface area contributed by atoms with E-state index in [2.05, 4.69) is 25.1 Å². The molecule has 0 saturated carbocycles. The van der Waals surface area contributed by atoms with E-state index in [0.29, 0.717) is 41.1 Å². The van der Waals surface area contributed by atoms with E-state index in [1.54, 1.807) is 59.6 Å². The summed E-state index contributed by atoms with van der Waals surface area (Å²) in [6.07, 6.45) is 0. The molecule has 4 rings (SSSR count). The summed E-state index contributed by atoms with van der Waals surface area (Å²) in [5, 5.41) is 16.9. The Morgan fingerprint density at radius 1 is 0.970 bits per heavy atom. The smallest absolute Gasteiger partial charge is 0.265 e. The molecule has 1 aromatic carbocycles. The lowest BCUT2D eigenvalue weighted by molar-refractivity contribution is 0.454. The van der Waals surface area contributed by atoms with Crippen LogP contribution in [0.5, 0.6) is 11.6 Å². The number of hydrogen-bond acceptors (Lipinski definition) is 7. The maximum Gasteiger partial charge on any atom is 0.265 e. The third-order valence-electron chi connectivity index (χ3n) is 5.06. The van der Waals surface area contributed by atoms with Crippen molar-refractivity contribution >= 4 is 15.7 Å². The van der Waals surface area contributed by atoms with Crippen molar-refractivity contribution < 1.29 is 13.2 Å². The molecule has 0 atom stereocenters. The Kier molecular flexibility index (Phi) is 5.90. The van der Waals surface area contributed by atoms with Crippen LogP contribution >= 0.6 is 0 Å². The highest BCUT2D eigenvalue weighted by molar-refractivity contribution is 7.92. The van der Waals surface area contributed by atoms with Gasteiger partial charge in [-0.1, -0.05) is 0 Å². The lowest BCUT2D eigenvalue weighted by atomic mass is 10.3. The number of benzene rings is 1. The molecule has 4 aromatic rings. The minimum Gasteiger partial charge on any atom is -0.438 e. The molecule has 0 aliphatic carbocycles. The van der Waals surface area contributed by atoms with Gasteiger partial charge in [-0.05, 0) is 71.0 Å². The van der Waals surface area contributed by atoms with Crippen molar-refractivity contribution in [3.05, 3.63) is 65.2 Å². The van der Waals surface area contributed by atoms with Crippen LogP contribution in [0.3, 0.4) is 0 Å². The molecule has 0 unspecified atom stereocenters. The van der Waals surface area contributed by atoms with Crippen molar-refractivity contribution in [1.29, 1.82) is 0 Å². The predicted molar refractivity (Wildman–Crippen MR) is 123 cm³/mol. The zero-order valence-corrected chi connectivity index (χ0v) is 19.9. The van der Waals surface area contributed by atoms with Crippen LogP contribution in [0.15, 0.2) is 47.4 Å². The minimum absolute atomic E-state index is 0.197. The first kappa shape index (κ1) is 22.5. The molecule has 3 aromatic heterocycles. The highest BCUT2D eigenvalue weighted by Gasteiger charge is 2.24. The van der Waals surface area contributed by atoms with Gasteiger partial charge in [0, 0.05) is 24.0 Å². The van der Waals surface area contributed by atoms with E-state index in [1.165, 1.54) is 0 Å². The number of aryl methyl sites for hydroxylation is 4. The summed E-state index contributed by atoms with van der Waals surface area (Å²) in [5.41, 5.74) is 3.33. The molecule has 0 aliphatic heterocycles. The highest BCUT2D eigenvalue weighted by atomic mass is 32.2. The van der Waals surface area contributed by atoms with Gasteiger partial charge in [-0.2, -0.15) is 10.2 Å². The van der Waals surface area contributed by atoms with Crippen LogP contribution in [0.2, 0.25) is 0 Å². The minimum atomic E-state index is -3.77. The van der Waals surface area contributed by atoms with E-state index in [-0.39, 0.29) is 4.90 Å². The van der Waals surface area contributed by atoms with Crippen molar-refractivity contribution in [2.24, 2.45) is 0 Å². The van der Waals surface area contributed by atoms with Crippen LogP contribution < -0.4 is 9.46 Å². The second kappa shape index (κ2) is 8.66. The Labute approximate surface area is 192 Å². The molecule has 10 nitrogen and oxygen atoms in total. The summed E-state index contributed by atoms with van der Waals surface area (Å²) in [4.78, 5) is 0.197. The van der Waals surface area contributed by atoms with Gasteiger partial charge >= 0.3 is 0 Å². The first-order valence-corrected chi connectivity index (χ1v) is 11.9. The van der Waals surface area contributed by atoms with Crippen molar-refractivity contribution in [2.75, 3.05) is 4.72 Å². The topological polar surface area (TPSA) is 117 Å². The molecule has 0 amide bonds.